The van der Waals surface area contributed by atoms with E-state index in [0.717, 1.165) is 0 Å². The van der Waals surface area contributed by atoms with Crippen LogP contribution < -0.4 is 16.0 Å². The Morgan fingerprint density at radius 2 is 2.11 bits per heavy atom. The average molecular weight is 257 g/mol. The number of carbonyl (C=O) groups is 2. The molecule has 0 aliphatic carbocycles. The van der Waals surface area contributed by atoms with Crippen molar-refractivity contribution in [1.82, 2.24) is 16.0 Å². The molecule has 0 aromatic carbocycles. The van der Waals surface area contributed by atoms with E-state index < -0.39 is 0 Å². The molecule has 6 heteroatoms. The van der Waals surface area contributed by atoms with E-state index in [0.29, 0.717) is 25.4 Å². The van der Waals surface area contributed by atoms with Gasteiger partial charge >= 0.3 is 0 Å². The number of hydrogen-bond donors (Lipinski definition) is 3. The highest BCUT2D eigenvalue weighted by Crippen LogP contribution is 2.09. The van der Waals surface area contributed by atoms with Gasteiger partial charge < -0.3 is 20.7 Å². The molecule has 1 aliphatic heterocycles. The molecule has 18 heavy (non-hydrogen) atoms. The standard InChI is InChI=1S/C12H23N3O3/c1-8(2)5-14-11(16)7-15-12(17)10-4-9(18-3)6-13-10/h8-10,13H,4-7H2,1-3H3,(H,14,16)(H,15,17). The minimum absolute atomic E-state index is 0.0291. The summed E-state index contributed by atoms with van der Waals surface area (Å²) in [7, 11) is 1.63. The highest BCUT2D eigenvalue weighted by atomic mass is 16.5. The molecule has 0 bridgehead atoms. The molecule has 0 aromatic heterocycles. The smallest absolute Gasteiger partial charge is 0.239 e. The predicted octanol–water partition coefficient (Wildman–Crippen LogP) is -0.748. The molecule has 3 N–H and O–H groups in total. The van der Waals surface area contributed by atoms with Crippen LogP contribution in [0.1, 0.15) is 20.3 Å². The molecular formula is C12H23N3O3. The van der Waals surface area contributed by atoms with Crippen molar-refractivity contribution in [3.63, 3.8) is 0 Å². The second kappa shape index (κ2) is 7.33. The summed E-state index contributed by atoms with van der Waals surface area (Å²) in [6.07, 6.45) is 0.728. The van der Waals surface area contributed by atoms with Crippen LogP contribution >= 0.6 is 0 Å². The highest BCUT2D eigenvalue weighted by molar-refractivity contribution is 5.87. The molecular weight excluding hydrogens is 234 g/mol. The van der Waals surface area contributed by atoms with E-state index in [-0.39, 0.29) is 30.5 Å². The predicted molar refractivity (Wildman–Crippen MR) is 68.1 cm³/mol. The zero-order valence-corrected chi connectivity index (χ0v) is 11.3. The van der Waals surface area contributed by atoms with E-state index in [1.807, 2.05) is 13.8 Å². The fourth-order valence-corrected chi connectivity index (χ4v) is 1.75. The van der Waals surface area contributed by atoms with Crippen LogP contribution in [0, 0.1) is 5.92 Å². The molecule has 0 radical (unpaired) electrons. The molecule has 0 aromatic rings. The number of ether oxygens (including phenoxy) is 1. The van der Waals surface area contributed by atoms with Gasteiger partial charge in [-0.25, -0.2) is 0 Å². The second-order valence-corrected chi connectivity index (χ2v) is 4.97. The van der Waals surface area contributed by atoms with Gasteiger partial charge in [0, 0.05) is 20.2 Å². The Bertz CT molecular complexity index is 294. The molecule has 0 spiro atoms. The van der Waals surface area contributed by atoms with Gasteiger partial charge in [0.15, 0.2) is 0 Å². The summed E-state index contributed by atoms with van der Waals surface area (Å²) < 4.78 is 5.16. The number of nitrogens with one attached hydrogen (secondary N) is 3. The van der Waals surface area contributed by atoms with Gasteiger partial charge in [0.05, 0.1) is 18.7 Å². The van der Waals surface area contributed by atoms with E-state index >= 15 is 0 Å². The Labute approximate surface area is 108 Å². The molecule has 1 saturated heterocycles. The van der Waals surface area contributed by atoms with Crippen LogP contribution in [0.3, 0.4) is 0 Å². The summed E-state index contributed by atoms with van der Waals surface area (Å²) in [6, 6.07) is -0.257. The van der Waals surface area contributed by atoms with E-state index in [4.69, 9.17) is 4.74 Å². The zero-order chi connectivity index (χ0) is 13.5. The van der Waals surface area contributed by atoms with Crippen molar-refractivity contribution in [2.45, 2.75) is 32.4 Å². The Balaban J connectivity index is 2.19. The van der Waals surface area contributed by atoms with E-state index in [2.05, 4.69) is 16.0 Å². The number of amides is 2. The molecule has 1 aliphatic rings. The Kier molecular flexibility index (Phi) is 6.07. The lowest BCUT2D eigenvalue weighted by molar-refractivity contribution is -0.127. The van der Waals surface area contributed by atoms with E-state index in [1.54, 1.807) is 7.11 Å². The second-order valence-electron chi connectivity index (χ2n) is 4.97. The molecule has 6 nitrogen and oxygen atoms in total. The van der Waals surface area contributed by atoms with Crippen molar-refractivity contribution >= 4 is 11.8 Å². The quantitative estimate of drug-likeness (QED) is 0.585. The van der Waals surface area contributed by atoms with Gasteiger partial charge in [-0.1, -0.05) is 13.8 Å². The van der Waals surface area contributed by atoms with Crippen LogP contribution in [-0.4, -0.2) is 50.7 Å². The monoisotopic (exact) mass is 257 g/mol. The highest BCUT2D eigenvalue weighted by Gasteiger charge is 2.29. The summed E-state index contributed by atoms with van der Waals surface area (Å²) in [6.45, 7) is 5.37. The Morgan fingerprint density at radius 3 is 2.67 bits per heavy atom. The Hall–Kier alpha value is -1.14. The molecule has 1 fully saturated rings. The number of rotatable bonds is 6. The van der Waals surface area contributed by atoms with Crippen molar-refractivity contribution in [3.05, 3.63) is 0 Å². The first-order valence-corrected chi connectivity index (χ1v) is 6.33. The van der Waals surface area contributed by atoms with Crippen LogP contribution in [0.25, 0.3) is 0 Å². The molecule has 1 heterocycles. The SMILES string of the molecule is COC1CNC(C(=O)NCC(=O)NCC(C)C)C1. The minimum atomic E-state index is -0.257. The summed E-state index contributed by atoms with van der Waals surface area (Å²) in [5, 5.41) is 8.44. The topological polar surface area (TPSA) is 79.5 Å². The van der Waals surface area contributed by atoms with Crippen molar-refractivity contribution in [2.75, 3.05) is 26.7 Å². The first kappa shape index (κ1) is 14.9. The number of hydrogen-bond acceptors (Lipinski definition) is 4. The fraction of sp³-hybridized carbons (Fsp3) is 0.833. The van der Waals surface area contributed by atoms with Crippen molar-refractivity contribution in [3.8, 4) is 0 Å². The van der Waals surface area contributed by atoms with Crippen LogP contribution in [0.5, 0.6) is 0 Å². The molecule has 2 unspecified atom stereocenters. The van der Waals surface area contributed by atoms with Gasteiger partial charge in [-0.2, -0.15) is 0 Å². The van der Waals surface area contributed by atoms with Gasteiger partial charge in [0.25, 0.3) is 0 Å². The van der Waals surface area contributed by atoms with E-state index in [9.17, 15) is 9.59 Å². The maximum Gasteiger partial charge on any atom is 0.239 e. The normalized spacial score (nSPS) is 23.1. The zero-order valence-electron chi connectivity index (χ0n) is 11.3. The number of carbonyl (C=O) groups excluding carboxylic acids is 2. The molecule has 2 amide bonds. The van der Waals surface area contributed by atoms with Crippen LogP contribution in [-0.2, 0) is 14.3 Å². The summed E-state index contributed by atoms with van der Waals surface area (Å²) >= 11 is 0. The fourth-order valence-electron chi connectivity index (χ4n) is 1.75. The third-order valence-electron chi connectivity index (χ3n) is 2.87. The molecule has 104 valence electrons. The first-order valence-electron chi connectivity index (χ1n) is 6.33. The van der Waals surface area contributed by atoms with Crippen molar-refractivity contribution in [2.24, 2.45) is 5.92 Å². The molecule has 1 rings (SSSR count). The molecule has 2 atom stereocenters. The van der Waals surface area contributed by atoms with Crippen molar-refractivity contribution < 1.29 is 14.3 Å². The summed E-state index contributed by atoms with van der Waals surface area (Å²) in [5.41, 5.74) is 0. The van der Waals surface area contributed by atoms with Gasteiger partial charge in [-0.15, -0.1) is 0 Å². The van der Waals surface area contributed by atoms with Crippen LogP contribution in [0.2, 0.25) is 0 Å². The lowest BCUT2D eigenvalue weighted by atomic mass is 10.2. The lowest BCUT2D eigenvalue weighted by Crippen LogP contribution is -2.45. The maximum atomic E-state index is 11.7. The first-order chi connectivity index (χ1) is 8.52. The van der Waals surface area contributed by atoms with Gasteiger partial charge in [0.2, 0.25) is 11.8 Å². The molecule has 0 saturated carbocycles. The van der Waals surface area contributed by atoms with Gasteiger partial charge in [-0.05, 0) is 12.3 Å². The van der Waals surface area contributed by atoms with Gasteiger partial charge in [-0.3, -0.25) is 9.59 Å². The third kappa shape index (κ3) is 5.01. The summed E-state index contributed by atoms with van der Waals surface area (Å²) in [4.78, 5) is 23.2. The van der Waals surface area contributed by atoms with Crippen LogP contribution in [0.4, 0.5) is 0 Å². The van der Waals surface area contributed by atoms with Gasteiger partial charge in [0.1, 0.15) is 0 Å². The largest absolute Gasteiger partial charge is 0.380 e. The lowest BCUT2D eigenvalue weighted by Gasteiger charge is -2.12. The summed E-state index contributed by atoms with van der Waals surface area (Å²) in [5.74, 6) is 0.108. The van der Waals surface area contributed by atoms with Crippen LogP contribution in [0.15, 0.2) is 0 Å². The third-order valence-corrected chi connectivity index (χ3v) is 2.87. The number of methoxy groups -OCH3 is 1. The minimum Gasteiger partial charge on any atom is -0.380 e. The Morgan fingerprint density at radius 1 is 1.39 bits per heavy atom. The van der Waals surface area contributed by atoms with Crippen molar-refractivity contribution in [1.29, 1.82) is 0 Å². The maximum absolute atomic E-state index is 11.7. The van der Waals surface area contributed by atoms with E-state index in [1.165, 1.54) is 0 Å². The average Bonchev–Trinajstić information content (AvgIpc) is 2.82.